The first-order valence-electron chi connectivity index (χ1n) is 11.5. The van der Waals surface area contributed by atoms with E-state index in [1.54, 1.807) is 24.3 Å². The quantitative estimate of drug-likeness (QED) is 0.431. The predicted molar refractivity (Wildman–Crippen MR) is 130 cm³/mol. The normalized spacial score (nSPS) is 14.8. The average Bonchev–Trinajstić information content (AvgIpc) is 3.26. The fourth-order valence-corrected chi connectivity index (χ4v) is 4.97. The second-order valence-corrected chi connectivity index (χ2v) is 9.06. The maximum atomic E-state index is 13.6. The molecule has 0 bridgehead atoms. The molecular formula is C28H27F2N3O. The SMILES string of the molecule is Cc1cc(C)c2cc(C(=O)N3CCN(C(c4ccc(F)cc4)c4ccc(F)cc4)CC3)[nH]c2c1. The van der Waals surface area contributed by atoms with Crippen LogP contribution in [0.1, 0.15) is 38.8 Å². The van der Waals surface area contributed by atoms with Crippen molar-refractivity contribution >= 4 is 16.8 Å². The first-order chi connectivity index (χ1) is 16.4. The van der Waals surface area contributed by atoms with Crippen LogP contribution in [0, 0.1) is 25.5 Å². The van der Waals surface area contributed by atoms with Crippen LogP contribution in [0.25, 0.3) is 10.9 Å². The number of nitrogens with zero attached hydrogens (tertiary/aromatic N) is 2. The second-order valence-electron chi connectivity index (χ2n) is 9.06. The lowest BCUT2D eigenvalue weighted by atomic mass is 9.96. The third kappa shape index (κ3) is 4.33. The number of aryl methyl sites for hydroxylation is 2. The lowest BCUT2D eigenvalue weighted by molar-refractivity contribution is 0.0592. The molecule has 5 rings (SSSR count). The molecule has 0 saturated carbocycles. The second kappa shape index (κ2) is 9.03. The molecule has 1 aliphatic heterocycles. The summed E-state index contributed by atoms with van der Waals surface area (Å²) in [7, 11) is 0. The maximum Gasteiger partial charge on any atom is 0.270 e. The average molecular weight is 460 g/mol. The van der Waals surface area contributed by atoms with Crippen molar-refractivity contribution < 1.29 is 13.6 Å². The summed E-state index contributed by atoms with van der Waals surface area (Å²) in [5, 5.41) is 1.07. The number of H-pyrrole nitrogens is 1. The fourth-order valence-electron chi connectivity index (χ4n) is 4.97. The number of aromatic amines is 1. The van der Waals surface area contributed by atoms with Gasteiger partial charge in [0.05, 0.1) is 6.04 Å². The molecule has 3 aromatic carbocycles. The van der Waals surface area contributed by atoms with Crippen molar-refractivity contribution in [3.8, 4) is 0 Å². The monoisotopic (exact) mass is 459 g/mol. The summed E-state index contributed by atoms with van der Waals surface area (Å²) >= 11 is 0. The van der Waals surface area contributed by atoms with Crippen LogP contribution in [-0.4, -0.2) is 46.9 Å². The van der Waals surface area contributed by atoms with E-state index in [0.717, 1.165) is 33.2 Å². The van der Waals surface area contributed by atoms with Crippen LogP contribution in [0.4, 0.5) is 8.78 Å². The zero-order chi connectivity index (χ0) is 23.8. The van der Waals surface area contributed by atoms with Gasteiger partial charge in [-0.3, -0.25) is 9.69 Å². The molecule has 4 nitrogen and oxygen atoms in total. The van der Waals surface area contributed by atoms with E-state index in [2.05, 4.69) is 28.9 Å². The number of amides is 1. The number of hydrogen-bond donors (Lipinski definition) is 1. The van der Waals surface area contributed by atoms with Gasteiger partial charge in [0.15, 0.2) is 0 Å². The highest BCUT2D eigenvalue weighted by molar-refractivity contribution is 5.99. The van der Waals surface area contributed by atoms with Crippen LogP contribution < -0.4 is 0 Å². The number of rotatable bonds is 4. The molecule has 1 N–H and O–H groups in total. The van der Waals surface area contributed by atoms with Crippen molar-refractivity contribution in [3.63, 3.8) is 0 Å². The van der Waals surface area contributed by atoms with Crippen LogP contribution in [0.3, 0.4) is 0 Å². The van der Waals surface area contributed by atoms with E-state index >= 15 is 0 Å². The van der Waals surface area contributed by atoms with Crippen molar-refractivity contribution in [2.24, 2.45) is 0 Å². The molecule has 0 aliphatic carbocycles. The molecular weight excluding hydrogens is 432 g/mol. The molecule has 34 heavy (non-hydrogen) atoms. The Morgan fingerprint density at radius 2 is 1.38 bits per heavy atom. The summed E-state index contributed by atoms with van der Waals surface area (Å²) in [6, 6.07) is 18.9. The fraction of sp³-hybridized carbons (Fsp3) is 0.250. The minimum absolute atomic E-state index is 0.00647. The van der Waals surface area contributed by atoms with Gasteiger partial charge >= 0.3 is 0 Å². The van der Waals surface area contributed by atoms with Gasteiger partial charge in [0, 0.05) is 37.1 Å². The van der Waals surface area contributed by atoms with Crippen molar-refractivity contribution in [2.75, 3.05) is 26.2 Å². The Labute approximate surface area is 197 Å². The Bertz CT molecular complexity index is 1280. The predicted octanol–water partition coefficient (Wildman–Crippen LogP) is 5.61. The van der Waals surface area contributed by atoms with Crippen LogP contribution in [0.5, 0.6) is 0 Å². The van der Waals surface area contributed by atoms with Crippen molar-refractivity contribution in [3.05, 3.63) is 106 Å². The number of fused-ring (bicyclic) bond motifs is 1. The van der Waals surface area contributed by atoms with E-state index in [9.17, 15) is 13.6 Å². The number of benzene rings is 3. The van der Waals surface area contributed by atoms with Crippen molar-refractivity contribution in [1.82, 2.24) is 14.8 Å². The molecule has 1 aromatic heterocycles. The molecule has 1 amide bonds. The van der Waals surface area contributed by atoms with Gasteiger partial charge in [-0.1, -0.05) is 30.3 Å². The van der Waals surface area contributed by atoms with Gasteiger partial charge < -0.3 is 9.88 Å². The zero-order valence-corrected chi connectivity index (χ0v) is 19.3. The summed E-state index contributed by atoms with van der Waals surface area (Å²) in [4.78, 5) is 20.7. The van der Waals surface area contributed by atoms with Gasteiger partial charge in [-0.25, -0.2) is 8.78 Å². The topological polar surface area (TPSA) is 39.3 Å². The minimum atomic E-state index is -0.291. The van der Waals surface area contributed by atoms with E-state index in [0.29, 0.717) is 31.9 Å². The van der Waals surface area contributed by atoms with Gasteiger partial charge in [-0.2, -0.15) is 0 Å². The molecule has 2 heterocycles. The smallest absolute Gasteiger partial charge is 0.270 e. The van der Waals surface area contributed by atoms with Crippen LogP contribution >= 0.6 is 0 Å². The Balaban J connectivity index is 1.36. The summed E-state index contributed by atoms with van der Waals surface area (Å²) in [6.07, 6.45) is 0. The summed E-state index contributed by atoms with van der Waals surface area (Å²) in [6.45, 7) is 6.57. The molecule has 1 fully saturated rings. The van der Waals surface area contributed by atoms with Gasteiger partial charge in [-0.05, 0) is 72.5 Å². The third-order valence-electron chi connectivity index (χ3n) is 6.66. The molecule has 0 atom stereocenters. The highest BCUT2D eigenvalue weighted by atomic mass is 19.1. The van der Waals surface area contributed by atoms with E-state index in [4.69, 9.17) is 0 Å². The van der Waals surface area contributed by atoms with Crippen LogP contribution in [-0.2, 0) is 0 Å². The van der Waals surface area contributed by atoms with Gasteiger partial charge in [0.25, 0.3) is 5.91 Å². The van der Waals surface area contributed by atoms with Crippen LogP contribution in [0.15, 0.2) is 66.7 Å². The molecule has 1 aliphatic rings. The van der Waals surface area contributed by atoms with Crippen molar-refractivity contribution in [1.29, 1.82) is 0 Å². The number of aromatic nitrogens is 1. The lowest BCUT2D eigenvalue weighted by Crippen LogP contribution is -2.50. The number of carbonyl (C=O) groups excluding carboxylic acids is 1. The highest BCUT2D eigenvalue weighted by Gasteiger charge is 2.29. The van der Waals surface area contributed by atoms with E-state index < -0.39 is 0 Å². The molecule has 174 valence electrons. The Morgan fingerprint density at radius 3 is 1.94 bits per heavy atom. The first kappa shape index (κ1) is 22.3. The molecule has 0 radical (unpaired) electrons. The van der Waals surface area contributed by atoms with Gasteiger partial charge in [-0.15, -0.1) is 0 Å². The lowest BCUT2D eigenvalue weighted by Gasteiger charge is -2.39. The summed E-state index contributed by atoms with van der Waals surface area (Å²) in [5.41, 5.74) is 5.77. The number of halogens is 2. The van der Waals surface area contributed by atoms with Crippen LogP contribution in [0.2, 0.25) is 0 Å². The maximum absolute atomic E-state index is 13.6. The summed E-state index contributed by atoms with van der Waals surface area (Å²) in [5.74, 6) is -0.588. The number of hydrogen-bond acceptors (Lipinski definition) is 2. The highest BCUT2D eigenvalue weighted by Crippen LogP contribution is 2.30. The Morgan fingerprint density at radius 1 is 0.824 bits per heavy atom. The number of piperazine rings is 1. The van der Waals surface area contributed by atoms with Gasteiger partial charge in [0.1, 0.15) is 17.3 Å². The molecule has 0 unspecified atom stereocenters. The molecule has 4 aromatic rings. The molecule has 1 saturated heterocycles. The van der Waals surface area contributed by atoms with E-state index in [-0.39, 0.29) is 23.6 Å². The number of carbonyl (C=O) groups is 1. The zero-order valence-electron chi connectivity index (χ0n) is 19.3. The Hall–Kier alpha value is -3.51. The first-order valence-corrected chi connectivity index (χ1v) is 11.5. The molecule has 0 spiro atoms. The molecule has 6 heteroatoms. The van der Waals surface area contributed by atoms with E-state index in [1.165, 1.54) is 24.3 Å². The largest absolute Gasteiger partial charge is 0.351 e. The summed E-state index contributed by atoms with van der Waals surface area (Å²) < 4.78 is 27.1. The standard InChI is InChI=1S/C28H27F2N3O/c1-18-15-19(2)24-17-26(31-25(24)16-18)28(34)33-13-11-32(12-14-33)27(20-3-7-22(29)8-4-20)21-5-9-23(30)10-6-21/h3-10,15-17,27,31H,11-14H2,1-2H3. The van der Waals surface area contributed by atoms with E-state index in [1.807, 2.05) is 17.9 Å². The van der Waals surface area contributed by atoms with Crippen molar-refractivity contribution in [2.45, 2.75) is 19.9 Å². The minimum Gasteiger partial charge on any atom is -0.351 e. The third-order valence-corrected chi connectivity index (χ3v) is 6.66. The van der Waals surface area contributed by atoms with Gasteiger partial charge in [0.2, 0.25) is 0 Å². The Kier molecular flexibility index (Phi) is 5.92. The number of nitrogens with one attached hydrogen (secondary N) is 1.